The zero-order valence-corrected chi connectivity index (χ0v) is 45.7. The first-order valence-electron chi connectivity index (χ1n) is 27.0. The summed E-state index contributed by atoms with van der Waals surface area (Å²) in [7, 11) is 0. The molecular weight excluding hydrogens is 1000 g/mol. The summed E-state index contributed by atoms with van der Waals surface area (Å²) >= 11 is 0. The second-order valence-corrected chi connectivity index (χ2v) is 21.7. The largest absolute Gasteiger partial charge is 0.444 e. The van der Waals surface area contributed by atoms with Gasteiger partial charge in [-0.2, -0.15) is 0 Å². The lowest BCUT2D eigenvalue weighted by Crippen LogP contribution is -2.63. The number of amides is 3. The number of piperidine rings is 1. The summed E-state index contributed by atoms with van der Waals surface area (Å²) < 4.78 is 61.1. The molecule has 7 rings (SSSR count). The van der Waals surface area contributed by atoms with Gasteiger partial charge in [0.25, 0.3) is 11.8 Å². The van der Waals surface area contributed by atoms with Crippen molar-refractivity contribution < 1.29 is 51.7 Å². The number of pyridine rings is 1. The predicted octanol–water partition coefficient (Wildman–Crippen LogP) is 9.59. The number of carbonyl (C=O) groups is 4. The van der Waals surface area contributed by atoms with Crippen LogP contribution in [0.5, 0.6) is 0 Å². The molecule has 17 heteroatoms. The molecule has 4 aromatic carbocycles. The van der Waals surface area contributed by atoms with Gasteiger partial charge in [-0.05, 0) is 149 Å². The highest BCUT2D eigenvalue weighted by Gasteiger charge is 2.40. The summed E-state index contributed by atoms with van der Waals surface area (Å²) in [4.78, 5) is 64.4. The third kappa shape index (κ3) is 17.7. The fourth-order valence-corrected chi connectivity index (χ4v) is 10.4. The number of piperazine rings is 1. The number of ketones is 1. The number of Topliss-reactive ketones (excluding diaryl/α,β-unsaturated/α-hetero) is 1. The van der Waals surface area contributed by atoms with Crippen molar-refractivity contribution >= 4 is 23.7 Å². The normalized spacial score (nSPS) is 17.5. The van der Waals surface area contributed by atoms with Crippen LogP contribution in [0.15, 0.2) is 109 Å². The van der Waals surface area contributed by atoms with Crippen molar-refractivity contribution in [2.24, 2.45) is 17.6 Å². The Morgan fingerprint density at radius 2 is 1.36 bits per heavy atom. The molecule has 13 nitrogen and oxygen atoms in total. The minimum absolute atomic E-state index is 0.0625. The van der Waals surface area contributed by atoms with Crippen LogP contribution in [-0.2, 0) is 24.1 Å². The van der Waals surface area contributed by atoms with Gasteiger partial charge in [-0.3, -0.25) is 29.2 Å². The van der Waals surface area contributed by atoms with E-state index in [0.717, 1.165) is 36.1 Å². The molecule has 0 bridgehead atoms. The van der Waals surface area contributed by atoms with Crippen molar-refractivity contribution in [1.29, 1.82) is 0 Å². The van der Waals surface area contributed by atoms with Crippen LogP contribution in [0.25, 0.3) is 0 Å². The second kappa shape index (κ2) is 28.4. The molecule has 2 aliphatic rings. The molecule has 0 aliphatic carbocycles. The Morgan fingerprint density at radius 1 is 0.744 bits per heavy atom. The Kier molecular flexibility index (Phi) is 22.1. The van der Waals surface area contributed by atoms with Crippen molar-refractivity contribution in [3.63, 3.8) is 0 Å². The molecule has 2 aliphatic heterocycles. The lowest BCUT2D eigenvalue weighted by molar-refractivity contribution is -0.0389. The van der Waals surface area contributed by atoms with Gasteiger partial charge in [0.1, 0.15) is 28.9 Å². The number of rotatable bonds is 19. The standard InChI is InChI=1S/C36H43F2N3O4.C25H33F2N3O3/c1-4-11-40(12-5-2)36(45)30-15-24(3)14-28(19-30)33(42)20-29(16-25-17-31(37)21-32(38)18-25)34(43)27-9-7-13-41(23-27)35(44)26-8-6-10-39-22-26;1-25(2,3)33-24(32)30-10-9-29(15-17-7-5-4-6-8-17)16-22(30)23(31)21(28)13-18-11-19(26)14-20(27)12-18/h6,8,10,14-15,17-19,21-22,27,29,34,43H,4-5,7,9,11-13,16,20,23H2,1-3H3;4-8,11-12,14,21-23,31H,9-10,13,15-16,28H2,1-3H3/t27-,29-,34-;21?,22-,23+/m11/s1. The maximum absolute atomic E-state index is 14.1. The van der Waals surface area contributed by atoms with Gasteiger partial charge in [0.15, 0.2) is 5.78 Å². The van der Waals surface area contributed by atoms with Crippen LogP contribution in [-0.4, -0.2) is 134 Å². The molecule has 6 atom stereocenters. The number of hydrogen-bond acceptors (Lipinski definition) is 10. The summed E-state index contributed by atoms with van der Waals surface area (Å²) in [6.45, 7) is 15.3. The van der Waals surface area contributed by atoms with Crippen LogP contribution in [0.3, 0.4) is 0 Å². The summed E-state index contributed by atoms with van der Waals surface area (Å²) in [5.74, 6) is -4.49. The first-order valence-corrected chi connectivity index (χ1v) is 27.0. The van der Waals surface area contributed by atoms with Gasteiger partial charge in [-0.1, -0.05) is 44.2 Å². The molecule has 0 spiro atoms. The number of carbonyl (C=O) groups excluding carboxylic acids is 4. The van der Waals surface area contributed by atoms with Gasteiger partial charge in [0.2, 0.25) is 0 Å². The number of ether oxygens (including phenoxy) is 1. The first-order chi connectivity index (χ1) is 37.1. The van der Waals surface area contributed by atoms with E-state index in [2.05, 4.69) is 9.88 Å². The lowest BCUT2D eigenvalue weighted by Gasteiger charge is -2.44. The van der Waals surface area contributed by atoms with Gasteiger partial charge in [0, 0.05) is 106 Å². The fraction of sp³-hybridized carbons (Fsp3) is 0.459. The molecule has 2 fully saturated rings. The molecule has 2 saturated heterocycles. The molecule has 3 amide bonds. The van der Waals surface area contributed by atoms with E-state index in [0.29, 0.717) is 86.5 Å². The number of benzene rings is 4. The number of likely N-dealkylation sites (tertiary alicyclic amines) is 1. The number of aromatic nitrogens is 1. The van der Waals surface area contributed by atoms with E-state index in [1.165, 1.54) is 35.4 Å². The quantitative estimate of drug-likeness (QED) is 0.0535. The Bertz CT molecular complexity index is 2740. The van der Waals surface area contributed by atoms with Crippen LogP contribution in [0, 0.1) is 42.0 Å². The van der Waals surface area contributed by atoms with Gasteiger partial charge in [0.05, 0.1) is 23.8 Å². The number of nitrogens with zero attached hydrogens (tertiary/aromatic N) is 5. The number of hydrogen-bond donors (Lipinski definition) is 3. The van der Waals surface area contributed by atoms with Crippen LogP contribution >= 0.6 is 0 Å². The third-order valence-electron chi connectivity index (χ3n) is 14.0. The van der Waals surface area contributed by atoms with Crippen LogP contribution < -0.4 is 5.73 Å². The van der Waals surface area contributed by atoms with Gasteiger partial charge in [-0.25, -0.2) is 22.4 Å². The van der Waals surface area contributed by atoms with Crippen molar-refractivity contribution in [1.82, 2.24) is 24.6 Å². The number of halogens is 4. The average Bonchev–Trinajstić information content (AvgIpc) is 3.45. The molecule has 5 aromatic rings. The minimum Gasteiger partial charge on any atom is -0.444 e. The summed E-state index contributed by atoms with van der Waals surface area (Å²) in [6, 6.07) is 23.4. The number of aliphatic hydroxyl groups is 2. The highest BCUT2D eigenvalue weighted by molar-refractivity contribution is 6.01. The Morgan fingerprint density at radius 3 is 1.95 bits per heavy atom. The van der Waals surface area contributed by atoms with Crippen molar-refractivity contribution in [2.75, 3.05) is 45.8 Å². The van der Waals surface area contributed by atoms with Gasteiger partial charge < -0.3 is 30.5 Å². The van der Waals surface area contributed by atoms with Crippen LogP contribution in [0.1, 0.15) is 120 Å². The van der Waals surface area contributed by atoms with E-state index in [-0.39, 0.29) is 49.3 Å². The monoisotopic (exact) mass is 1080 g/mol. The maximum atomic E-state index is 14.1. The van der Waals surface area contributed by atoms with Crippen molar-refractivity contribution in [3.8, 4) is 0 Å². The highest BCUT2D eigenvalue weighted by Crippen LogP contribution is 2.31. The SMILES string of the molecule is CC(C)(C)OC(=O)N1CCN(Cc2ccccc2)C[C@@H]1[C@@H](O)C(N)Cc1cc(F)cc(F)c1.CCCN(CCC)C(=O)c1cc(C)cc(C(=O)C[C@@H](Cc2cc(F)cc(F)c2)[C@H](O)[C@@H]2CCCN(C(=O)c3cccnc3)C2)c1. The molecule has 4 N–H and O–H groups in total. The van der Waals surface area contributed by atoms with E-state index in [4.69, 9.17) is 10.5 Å². The van der Waals surface area contributed by atoms with Gasteiger partial charge >= 0.3 is 6.09 Å². The maximum Gasteiger partial charge on any atom is 0.410 e. The smallest absolute Gasteiger partial charge is 0.410 e. The molecule has 1 aromatic heterocycles. The molecular formula is C61H76F4N6O7. The topological polar surface area (TPSA) is 170 Å². The molecule has 78 heavy (non-hydrogen) atoms. The van der Waals surface area contributed by atoms with Crippen molar-refractivity contribution in [3.05, 3.63) is 172 Å². The molecule has 0 saturated carbocycles. The summed E-state index contributed by atoms with van der Waals surface area (Å²) in [6.07, 6.45) is 3.39. The lowest BCUT2D eigenvalue weighted by atomic mass is 9.79. The first kappa shape index (κ1) is 60.7. The zero-order chi connectivity index (χ0) is 56.7. The van der Waals surface area contributed by atoms with Gasteiger partial charge in [-0.15, -0.1) is 0 Å². The summed E-state index contributed by atoms with van der Waals surface area (Å²) in [5.41, 5.74) is 9.39. The van der Waals surface area contributed by atoms with E-state index in [1.807, 2.05) is 51.1 Å². The van der Waals surface area contributed by atoms with E-state index in [9.17, 15) is 47.0 Å². The Hall–Kier alpha value is -6.53. The van der Waals surface area contributed by atoms with E-state index >= 15 is 0 Å². The minimum atomic E-state index is -1.12. The van der Waals surface area contributed by atoms with E-state index in [1.54, 1.807) is 67.1 Å². The molecule has 3 heterocycles. The zero-order valence-electron chi connectivity index (χ0n) is 45.7. The molecule has 0 radical (unpaired) electrons. The second-order valence-electron chi connectivity index (χ2n) is 21.7. The Balaban J connectivity index is 0.000000265. The van der Waals surface area contributed by atoms with Crippen LogP contribution in [0.4, 0.5) is 22.4 Å². The summed E-state index contributed by atoms with van der Waals surface area (Å²) in [5, 5.41) is 22.9. The number of aliphatic hydroxyl groups excluding tert-OH is 2. The third-order valence-corrected chi connectivity index (χ3v) is 14.0. The molecule has 1 unspecified atom stereocenters. The fourth-order valence-electron chi connectivity index (χ4n) is 10.4. The number of nitrogens with two attached hydrogens (primary N) is 1. The van der Waals surface area contributed by atoms with Crippen molar-refractivity contribution in [2.45, 2.75) is 123 Å². The molecule has 420 valence electrons. The average molecular weight is 1080 g/mol. The number of aryl methyl sites for hydroxylation is 1. The Labute approximate surface area is 456 Å². The predicted molar refractivity (Wildman–Crippen MR) is 292 cm³/mol. The highest BCUT2D eigenvalue weighted by atomic mass is 19.1. The van der Waals surface area contributed by atoms with E-state index < -0.39 is 65.2 Å². The van der Waals surface area contributed by atoms with Crippen LogP contribution in [0.2, 0.25) is 0 Å².